The Morgan fingerprint density at radius 3 is 1.93 bits per heavy atom. The number of nitrogens with one attached hydrogen (secondary N) is 1. The first-order valence-electron chi connectivity index (χ1n) is 9.54. The first-order valence-corrected chi connectivity index (χ1v) is 9.54. The van der Waals surface area contributed by atoms with E-state index in [-0.39, 0.29) is 0 Å². The number of rotatable bonds is 7. The van der Waals surface area contributed by atoms with Crippen molar-refractivity contribution in [1.82, 2.24) is 5.32 Å². The van der Waals surface area contributed by atoms with Gasteiger partial charge >= 0.3 is 0 Å². The van der Waals surface area contributed by atoms with Crippen molar-refractivity contribution in [2.24, 2.45) is 0 Å². The molecular weight excluding hydrogens is 330 g/mol. The highest BCUT2D eigenvalue weighted by Gasteiger charge is 2.13. The monoisotopic (exact) mass is 357 g/mol. The Morgan fingerprint density at radius 1 is 0.778 bits per heavy atom. The van der Waals surface area contributed by atoms with E-state index < -0.39 is 0 Å². The second-order valence-corrected chi connectivity index (χ2v) is 6.67. The van der Waals surface area contributed by atoms with Gasteiger partial charge in [0.25, 0.3) is 0 Å². The molecule has 0 heterocycles. The Balaban J connectivity index is 2.13. The molecule has 0 aromatic heterocycles. The van der Waals surface area contributed by atoms with E-state index in [1.54, 1.807) is 12.1 Å². The fourth-order valence-electron chi connectivity index (χ4n) is 3.42. The number of hydrogen-bond acceptors (Lipinski definition) is 2. The van der Waals surface area contributed by atoms with E-state index in [0.717, 1.165) is 24.9 Å². The van der Waals surface area contributed by atoms with Crippen molar-refractivity contribution in [2.45, 2.75) is 19.8 Å². The zero-order chi connectivity index (χ0) is 19.1. The molecule has 0 spiro atoms. The molecule has 27 heavy (non-hydrogen) atoms. The SMILES string of the molecule is CCC(=C(c1ccc(O)cc1)c1ccc(CCNC)cc1)c1ccccc1. The van der Waals surface area contributed by atoms with Gasteiger partial charge in [-0.1, -0.05) is 73.7 Å². The molecule has 0 saturated heterocycles. The van der Waals surface area contributed by atoms with Gasteiger partial charge in [-0.3, -0.25) is 0 Å². The van der Waals surface area contributed by atoms with E-state index in [1.807, 2.05) is 25.2 Å². The smallest absolute Gasteiger partial charge is 0.115 e. The molecule has 2 heteroatoms. The van der Waals surface area contributed by atoms with E-state index in [9.17, 15) is 5.11 Å². The highest BCUT2D eigenvalue weighted by Crippen LogP contribution is 2.35. The fourth-order valence-corrected chi connectivity index (χ4v) is 3.42. The number of likely N-dealkylation sites (N-methyl/N-ethyl adjacent to an activating group) is 1. The Hall–Kier alpha value is -2.84. The van der Waals surface area contributed by atoms with Gasteiger partial charge in [-0.2, -0.15) is 0 Å². The van der Waals surface area contributed by atoms with Gasteiger partial charge < -0.3 is 10.4 Å². The lowest BCUT2D eigenvalue weighted by Gasteiger charge is -2.17. The standard InChI is InChI=1S/C25H27NO/c1-3-24(20-7-5-4-6-8-20)25(22-13-15-23(27)16-14-22)21-11-9-19(10-12-21)17-18-26-2/h4-16,26-27H,3,17-18H2,1-2H3. The van der Waals surface area contributed by atoms with Crippen LogP contribution in [0.4, 0.5) is 0 Å². The van der Waals surface area contributed by atoms with Crippen LogP contribution in [-0.4, -0.2) is 18.7 Å². The van der Waals surface area contributed by atoms with Gasteiger partial charge in [0, 0.05) is 0 Å². The van der Waals surface area contributed by atoms with E-state index in [0.29, 0.717) is 5.75 Å². The van der Waals surface area contributed by atoms with Crippen molar-refractivity contribution in [3.05, 3.63) is 101 Å². The zero-order valence-electron chi connectivity index (χ0n) is 16.1. The van der Waals surface area contributed by atoms with Gasteiger partial charge in [-0.15, -0.1) is 0 Å². The lowest BCUT2D eigenvalue weighted by molar-refractivity contribution is 0.475. The first kappa shape index (κ1) is 18.9. The molecule has 2 N–H and O–H groups in total. The maximum atomic E-state index is 9.72. The molecular formula is C25H27NO. The summed E-state index contributed by atoms with van der Waals surface area (Å²) in [6, 6.07) is 26.9. The molecule has 2 nitrogen and oxygen atoms in total. The van der Waals surface area contributed by atoms with Crippen LogP contribution >= 0.6 is 0 Å². The van der Waals surface area contributed by atoms with Crippen LogP contribution in [0, 0.1) is 0 Å². The molecule has 138 valence electrons. The fraction of sp³-hybridized carbons (Fsp3) is 0.200. The molecule has 0 aliphatic heterocycles. The third-order valence-corrected chi connectivity index (χ3v) is 4.84. The van der Waals surface area contributed by atoms with Crippen LogP contribution in [0.5, 0.6) is 5.75 Å². The van der Waals surface area contributed by atoms with Crippen LogP contribution in [0.1, 0.15) is 35.6 Å². The van der Waals surface area contributed by atoms with Gasteiger partial charge in [0.15, 0.2) is 0 Å². The quantitative estimate of drug-likeness (QED) is 0.545. The number of aromatic hydroxyl groups is 1. The second kappa shape index (κ2) is 9.20. The van der Waals surface area contributed by atoms with Crippen LogP contribution in [0.15, 0.2) is 78.9 Å². The molecule has 0 aliphatic carbocycles. The Morgan fingerprint density at radius 2 is 1.37 bits per heavy atom. The molecule has 0 fully saturated rings. The highest BCUT2D eigenvalue weighted by atomic mass is 16.3. The second-order valence-electron chi connectivity index (χ2n) is 6.67. The summed E-state index contributed by atoms with van der Waals surface area (Å²) in [7, 11) is 1.98. The zero-order valence-corrected chi connectivity index (χ0v) is 16.1. The van der Waals surface area contributed by atoms with Gasteiger partial charge in [0.05, 0.1) is 0 Å². The Labute approximate surface area is 162 Å². The van der Waals surface area contributed by atoms with Gasteiger partial charge in [-0.05, 0) is 72.0 Å². The molecule has 3 aromatic rings. The van der Waals surface area contributed by atoms with Crippen molar-refractivity contribution >= 4 is 11.1 Å². The van der Waals surface area contributed by atoms with E-state index in [4.69, 9.17) is 0 Å². The summed E-state index contributed by atoms with van der Waals surface area (Å²) in [5.41, 5.74) is 7.43. The topological polar surface area (TPSA) is 32.3 Å². The predicted molar refractivity (Wildman–Crippen MR) is 115 cm³/mol. The summed E-state index contributed by atoms with van der Waals surface area (Å²) in [6.45, 7) is 3.17. The average Bonchev–Trinajstić information content (AvgIpc) is 2.72. The van der Waals surface area contributed by atoms with Crippen molar-refractivity contribution in [3.8, 4) is 5.75 Å². The molecule has 0 radical (unpaired) electrons. The van der Waals surface area contributed by atoms with E-state index >= 15 is 0 Å². The summed E-state index contributed by atoms with van der Waals surface area (Å²) in [6.07, 6.45) is 1.95. The van der Waals surface area contributed by atoms with Crippen molar-refractivity contribution < 1.29 is 5.11 Å². The van der Waals surface area contributed by atoms with Gasteiger partial charge in [0.2, 0.25) is 0 Å². The summed E-state index contributed by atoms with van der Waals surface area (Å²) in [5, 5.41) is 12.9. The van der Waals surface area contributed by atoms with Crippen molar-refractivity contribution in [2.75, 3.05) is 13.6 Å². The molecule has 0 unspecified atom stereocenters. The van der Waals surface area contributed by atoms with E-state index in [2.05, 4.69) is 60.8 Å². The van der Waals surface area contributed by atoms with Crippen LogP contribution in [0.2, 0.25) is 0 Å². The molecule has 0 aliphatic rings. The lowest BCUT2D eigenvalue weighted by Crippen LogP contribution is -2.10. The summed E-state index contributed by atoms with van der Waals surface area (Å²) < 4.78 is 0. The molecule has 3 aromatic carbocycles. The van der Waals surface area contributed by atoms with Crippen LogP contribution < -0.4 is 5.32 Å². The molecule has 0 bridgehead atoms. The number of allylic oxidation sites excluding steroid dienone is 1. The average molecular weight is 357 g/mol. The first-order chi connectivity index (χ1) is 13.2. The minimum absolute atomic E-state index is 0.290. The van der Waals surface area contributed by atoms with Crippen molar-refractivity contribution in [1.29, 1.82) is 0 Å². The summed E-state index contributed by atoms with van der Waals surface area (Å²) in [5.74, 6) is 0.290. The molecule has 0 saturated carbocycles. The Kier molecular flexibility index (Phi) is 6.45. The summed E-state index contributed by atoms with van der Waals surface area (Å²) >= 11 is 0. The van der Waals surface area contributed by atoms with Crippen LogP contribution in [0.3, 0.4) is 0 Å². The molecule has 0 amide bonds. The van der Waals surface area contributed by atoms with Crippen LogP contribution in [-0.2, 0) is 6.42 Å². The van der Waals surface area contributed by atoms with E-state index in [1.165, 1.54) is 27.8 Å². The number of phenolic OH excluding ortho intramolecular Hbond substituents is 1. The van der Waals surface area contributed by atoms with Crippen LogP contribution in [0.25, 0.3) is 11.1 Å². The number of phenols is 1. The normalized spacial score (nSPS) is 11.9. The van der Waals surface area contributed by atoms with Gasteiger partial charge in [0.1, 0.15) is 5.75 Å². The number of hydrogen-bond donors (Lipinski definition) is 2. The molecule has 3 rings (SSSR count). The molecule has 0 atom stereocenters. The maximum Gasteiger partial charge on any atom is 0.115 e. The highest BCUT2D eigenvalue weighted by molar-refractivity contribution is 5.98. The minimum Gasteiger partial charge on any atom is -0.508 e. The lowest BCUT2D eigenvalue weighted by atomic mass is 9.88. The maximum absolute atomic E-state index is 9.72. The summed E-state index contributed by atoms with van der Waals surface area (Å²) in [4.78, 5) is 0. The van der Waals surface area contributed by atoms with Gasteiger partial charge in [-0.25, -0.2) is 0 Å². The van der Waals surface area contributed by atoms with Crippen molar-refractivity contribution in [3.63, 3.8) is 0 Å². The number of benzene rings is 3. The largest absolute Gasteiger partial charge is 0.508 e. The third kappa shape index (κ3) is 4.66. The predicted octanol–water partition coefficient (Wildman–Crippen LogP) is 5.52. The Bertz CT molecular complexity index is 878. The minimum atomic E-state index is 0.290. The third-order valence-electron chi connectivity index (χ3n) is 4.84.